The van der Waals surface area contributed by atoms with Crippen molar-refractivity contribution in [2.24, 2.45) is 0 Å². The van der Waals surface area contributed by atoms with Crippen LogP contribution < -0.4 is 0 Å². The van der Waals surface area contributed by atoms with E-state index in [4.69, 9.17) is 0 Å². The molecule has 0 radical (unpaired) electrons. The van der Waals surface area contributed by atoms with Crippen LogP contribution in [0.4, 0.5) is 0 Å². The summed E-state index contributed by atoms with van der Waals surface area (Å²) in [6.07, 6.45) is 8.59. The third-order valence-electron chi connectivity index (χ3n) is 6.85. The van der Waals surface area contributed by atoms with Crippen molar-refractivity contribution in [2.45, 2.75) is 107 Å². The van der Waals surface area contributed by atoms with Gasteiger partial charge >= 0.3 is 0 Å². The molecule has 0 saturated heterocycles. The summed E-state index contributed by atoms with van der Waals surface area (Å²) in [4.78, 5) is 20.5. The van der Waals surface area contributed by atoms with E-state index < -0.39 is 0 Å². The van der Waals surface area contributed by atoms with E-state index in [2.05, 4.69) is 71.6 Å². The van der Waals surface area contributed by atoms with Crippen LogP contribution in [0.1, 0.15) is 90.8 Å². The minimum absolute atomic E-state index is 0.127. The summed E-state index contributed by atoms with van der Waals surface area (Å²) in [6.45, 7) is 17.3. The zero-order chi connectivity index (χ0) is 25.6. The quantitative estimate of drug-likeness (QED) is 0.360. The molecule has 3 nitrogen and oxygen atoms in total. The molecule has 35 heavy (non-hydrogen) atoms. The van der Waals surface area contributed by atoms with Crippen molar-refractivity contribution in [3.8, 4) is 0 Å². The molecule has 1 saturated carbocycles. The second-order valence-corrected chi connectivity index (χ2v) is 14.3. The summed E-state index contributed by atoms with van der Waals surface area (Å²) in [7, 11) is 0. The van der Waals surface area contributed by atoms with E-state index in [-0.39, 0.29) is 16.7 Å². The van der Waals surface area contributed by atoms with Gasteiger partial charge in [-0.25, -0.2) is 0 Å². The Balaban J connectivity index is 1.69. The molecular weight excluding hydrogens is 468 g/mol. The van der Waals surface area contributed by atoms with Crippen molar-refractivity contribution in [3.05, 3.63) is 59.4 Å². The lowest BCUT2D eigenvalue weighted by Gasteiger charge is -2.32. The van der Waals surface area contributed by atoms with E-state index >= 15 is 0 Å². The Morgan fingerprint density at radius 2 is 1.51 bits per heavy atom. The largest absolute Gasteiger partial charge is 0.338 e. The maximum absolute atomic E-state index is 13.1. The van der Waals surface area contributed by atoms with E-state index in [1.807, 2.05) is 40.6 Å². The van der Waals surface area contributed by atoms with Crippen LogP contribution in [0.2, 0.25) is 0 Å². The van der Waals surface area contributed by atoms with Crippen LogP contribution in [-0.4, -0.2) is 38.6 Å². The molecule has 2 atom stereocenters. The number of pyridine rings is 1. The molecule has 1 fully saturated rings. The van der Waals surface area contributed by atoms with Gasteiger partial charge in [-0.1, -0.05) is 60.5 Å². The average Bonchev–Trinajstić information content (AvgIpc) is 2.81. The van der Waals surface area contributed by atoms with Crippen molar-refractivity contribution < 1.29 is 4.79 Å². The summed E-state index contributed by atoms with van der Waals surface area (Å²) in [5, 5.41) is 1.08. The lowest BCUT2D eigenvalue weighted by atomic mass is 9.81. The molecule has 1 aliphatic rings. The van der Waals surface area contributed by atoms with Gasteiger partial charge in [-0.05, 0) is 71.6 Å². The highest BCUT2D eigenvalue weighted by Gasteiger charge is 2.29. The predicted octanol–water partition coefficient (Wildman–Crippen LogP) is 7.86. The second kappa shape index (κ2) is 12.2. The number of nitrogens with zero attached hydrogens (tertiary/aromatic N) is 2. The molecule has 0 N–H and O–H groups in total. The molecule has 1 aromatic carbocycles. The van der Waals surface area contributed by atoms with Crippen molar-refractivity contribution in [1.29, 1.82) is 0 Å². The van der Waals surface area contributed by atoms with Crippen LogP contribution in [0.5, 0.6) is 0 Å². The van der Waals surface area contributed by atoms with Gasteiger partial charge in [0.05, 0.1) is 5.75 Å². The second-order valence-electron chi connectivity index (χ2n) is 11.8. The molecular formula is C30H44N2OS2. The first-order valence-electron chi connectivity index (χ1n) is 13.1. The number of aromatic nitrogens is 1. The number of thioether (sulfide) groups is 2. The number of rotatable bonds is 8. The Morgan fingerprint density at radius 3 is 2.06 bits per heavy atom. The maximum atomic E-state index is 13.1. The zero-order valence-corrected chi connectivity index (χ0v) is 24.4. The lowest BCUT2D eigenvalue weighted by molar-refractivity contribution is -0.128. The summed E-state index contributed by atoms with van der Waals surface area (Å²) in [6, 6.07) is 11.2. The molecule has 0 bridgehead atoms. The van der Waals surface area contributed by atoms with E-state index in [0.717, 1.165) is 12.1 Å². The van der Waals surface area contributed by atoms with Gasteiger partial charge in [-0.15, -0.1) is 23.5 Å². The maximum Gasteiger partial charge on any atom is 0.232 e. The van der Waals surface area contributed by atoms with Crippen molar-refractivity contribution >= 4 is 29.4 Å². The lowest BCUT2D eigenvalue weighted by Crippen LogP contribution is -2.33. The molecule has 1 aliphatic carbocycles. The Morgan fingerprint density at radius 1 is 0.943 bits per heavy atom. The van der Waals surface area contributed by atoms with Gasteiger partial charge in [-0.2, -0.15) is 0 Å². The predicted molar refractivity (Wildman–Crippen MR) is 154 cm³/mol. The molecule has 1 amide bonds. The molecule has 0 aliphatic heterocycles. The topological polar surface area (TPSA) is 33.2 Å². The molecule has 1 heterocycles. The molecule has 0 unspecified atom stereocenters. The number of carbonyl (C=O) groups excluding carboxylic acids is 1. The summed E-state index contributed by atoms with van der Waals surface area (Å²) < 4.78 is 0. The Kier molecular flexibility index (Phi) is 9.79. The minimum atomic E-state index is 0.127. The van der Waals surface area contributed by atoms with Crippen LogP contribution in [0, 0.1) is 0 Å². The highest BCUT2D eigenvalue weighted by Crippen LogP contribution is 2.42. The fourth-order valence-corrected chi connectivity index (χ4v) is 7.39. The number of hydrogen-bond donors (Lipinski definition) is 0. The van der Waals surface area contributed by atoms with Crippen molar-refractivity contribution in [3.63, 3.8) is 0 Å². The van der Waals surface area contributed by atoms with E-state index in [1.165, 1.54) is 41.7 Å². The van der Waals surface area contributed by atoms with Gasteiger partial charge in [0.2, 0.25) is 5.91 Å². The Bertz CT molecular complexity index is 930. The molecule has 3 rings (SSSR count). The number of benzene rings is 1. The SMILES string of the molecule is CCN(Cc1ccncc1)C(=O)CS[C@@H]1CCCC[C@H]1Sc1cc(C(C)(C)C)cc(C(C)(C)C)c1. The summed E-state index contributed by atoms with van der Waals surface area (Å²) in [5.41, 5.74) is 4.22. The zero-order valence-electron chi connectivity index (χ0n) is 22.8. The first kappa shape index (κ1) is 28.1. The first-order valence-corrected chi connectivity index (χ1v) is 15.0. The average molecular weight is 513 g/mol. The normalized spacial score (nSPS) is 18.9. The van der Waals surface area contributed by atoms with Gasteiger partial charge in [0.1, 0.15) is 0 Å². The van der Waals surface area contributed by atoms with Gasteiger partial charge in [0.15, 0.2) is 0 Å². The molecule has 2 aromatic rings. The Labute approximate surface area is 222 Å². The van der Waals surface area contributed by atoms with Gasteiger partial charge in [-0.3, -0.25) is 9.78 Å². The monoisotopic (exact) mass is 512 g/mol. The van der Waals surface area contributed by atoms with Crippen LogP contribution in [0.15, 0.2) is 47.6 Å². The van der Waals surface area contributed by atoms with E-state index in [9.17, 15) is 4.79 Å². The van der Waals surface area contributed by atoms with Crippen LogP contribution >= 0.6 is 23.5 Å². The van der Waals surface area contributed by atoms with Gasteiger partial charge in [0.25, 0.3) is 0 Å². The van der Waals surface area contributed by atoms with Crippen molar-refractivity contribution in [1.82, 2.24) is 9.88 Å². The summed E-state index contributed by atoms with van der Waals surface area (Å²) >= 11 is 3.93. The molecule has 0 spiro atoms. The fraction of sp³-hybridized carbons (Fsp3) is 0.600. The smallest absolute Gasteiger partial charge is 0.232 e. The van der Waals surface area contributed by atoms with E-state index in [1.54, 1.807) is 12.4 Å². The van der Waals surface area contributed by atoms with E-state index in [0.29, 0.717) is 22.8 Å². The van der Waals surface area contributed by atoms with Crippen molar-refractivity contribution in [2.75, 3.05) is 12.3 Å². The molecule has 5 heteroatoms. The van der Waals surface area contributed by atoms with Gasteiger partial charge in [0, 0.05) is 40.9 Å². The Hall–Kier alpha value is -1.46. The van der Waals surface area contributed by atoms with Crippen LogP contribution in [0.25, 0.3) is 0 Å². The number of carbonyl (C=O) groups is 1. The fourth-order valence-electron chi connectivity index (χ4n) is 4.45. The minimum Gasteiger partial charge on any atom is -0.338 e. The first-order chi connectivity index (χ1) is 16.5. The third kappa shape index (κ3) is 8.28. The third-order valence-corrected chi connectivity index (χ3v) is 9.80. The summed E-state index contributed by atoms with van der Waals surface area (Å²) in [5.74, 6) is 0.809. The molecule has 1 aromatic heterocycles. The highest BCUT2D eigenvalue weighted by atomic mass is 32.2. The highest BCUT2D eigenvalue weighted by molar-refractivity contribution is 8.04. The van der Waals surface area contributed by atoms with Gasteiger partial charge < -0.3 is 4.90 Å². The van der Waals surface area contributed by atoms with Crippen LogP contribution in [0.3, 0.4) is 0 Å². The molecule has 192 valence electrons. The standard InChI is InChI=1S/C30H44N2OS2/c1-8-32(20-22-13-15-31-16-14-22)28(33)21-34-26-11-9-10-12-27(26)35-25-18-23(29(2,3)4)17-24(19-25)30(5,6)7/h13-19,26-27H,8-12,20-21H2,1-7H3/t26-,27-/m1/s1. The van der Waals surface area contributed by atoms with Crippen LogP contribution in [-0.2, 0) is 22.2 Å². The number of hydrogen-bond acceptors (Lipinski definition) is 4. The number of amides is 1.